The third-order valence-corrected chi connectivity index (χ3v) is 4.23. The van der Waals surface area contributed by atoms with Crippen molar-refractivity contribution in [2.75, 3.05) is 29.9 Å². The van der Waals surface area contributed by atoms with Crippen LogP contribution in [0.3, 0.4) is 0 Å². The van der Waals surface area contributed by atoms with Crippen LogP contribution in [-0.4, -0.2) is 31.4 Å². The van der Waals surface area contributed by atoms with Crippen molar-refractivity contribution < 1.29 is 9.59 Å². The molecule has 0 radical (unpaired) electrons. The molecule has 2 aliphatic heterocycles. The minimum atomic E-state index is 0.0986. The van der Waals surface area contributed by atoms with E-state index in [2.05, 4.69) is 10.6 Å². The summed E-state index contributed by atoms with van der Waals surface area (Å²) >= 11 is 0. The van der Waals surface area contributed by atoms with Crippen LogP contribution in [0.25, 0.3) is 0 Å². The molecule has 1 aromatic rings. The summed E-state index contributed by atoms with van der Waals surface area (Å²) in [6, 6.07) is 7.56. The Balaban J connectivity index is 1.61. The summed E-state index contributed by atoms with van der Waals surface area (Å²) in [7, 11) is 0. The van der Waals surface area contributed by atoms with Gasteiger partial charge in [0.25, 0.3) is 0 Å². The molecule has 21 heavy (non-hydrogen) atoms. The Morgan fingerprint density at radius 3 is 2.52 bits per heavy atom. The van der Waals surface area contributed by atoms with E-state index in [1.165, 1.54) is 0 Å². The van der Waals surface area contributed by atoms with Crippen molar-refractivity contribution in [3.8, 4) is 0 Å². The van der Waals surface area contributed by atoms with Crippen LogP contribution in [0.4, 0.5) is 11.4 Å². The number of benzene rings is 1. The van der Waals surface area contributed by atoms with Gasteiger partial charge in [-0.25, -0.2) is 0 Å². The van der Waals surface area contributed by atoms with E-state index in [-0.39, 0.29) is 17.7 Å². The van der Waals surface area contributed by atoms with Crippen LogP contribution in [0.1, 0.15) is 25.7 Å². The predicted octanol–water partition coefficient (Wildman–Crippen LogP) is 1.75. The molecule has 5 nitrogen and oxygen atoms in total. The topological polar surface area (TPSA) is 61.4 Å². The lowest BCUT2D eigenvalue weighted by atomic mass is 9.97. The minimum absolute atomic E-state index is 0.0986. The Morgan fingerprint density at radius 2 is 1.90 bits per heavy atom. The number of carbonyl (C=O) groups excluding carboxylic acids is 2. The van der Waals surface area contributed by atoms with Crippen molar-refractivity contribution in [2.45, 2.75) is 25.7 Å². The zero-order valence-corrected chi connectivity index (χ0v) is 12.1. The highest BCUT2D eigenvalue weighted by Gasteiger charge is 2.22. The number of hydrogen-bond donors (Lipinski definition) is 2. The van der Waals surface area contributed by atoms with E-state index < -0.39 is 0 Å². The highest BCUT2D eigenvalue weighted by molar-refractivity contribution is 5.96. The maximum absolute atomic E-state index is 12.2. The smallest absolute Gasteiger partial charge is 0.227 e. The SMILES string of the molecule is O=C(Nc1ccc(N2CCCC2=O)cc1)C1CCNCC1. The van der Waals surface area contributed by atoms with Gasteiger partial charge in [-0.3, -0.25) is 9.59 Å². The van der Waals surface area contributed by atoms with Crippen LogP contribution in [-0.2, 0) is 9.59 Å². The fourth-order valence-electron chi connectivity index (χ4n) is 2.97. The molecule has 5 heteroatoms. The molecule has 112 valence electrons. The molecule has 0 aliphatic carbocycles. The van der Waals surface area contributed by atoms with Crippen molar-refractivity contribution >= 4 is 23.2 Å². The summed E-state index contributed by atoms with van der Waals surface area (Å²) in [6.45, 7) is 2.61. The molecule has 2 heterocycles. The lowest BCUT2D eigenvalue weighted by molar-refractivity contribution is -0.120. The lowest BCUT2D eigenvalue weighted by Crippen LogP contribution is -2.34. The monoisotopic (exact) mass is 287 g/mol. The van der Waals surface area contributed by atoms with Crippen LogP contribution >= 0.6 is 0 Å². The van der Waals surface area contributed by atoms with Crippen molar-refractivity contribution in [3.05, 3.63) is 24.3 Å². The van der Waals surface area contributed by atoms with Crippen LogP contribution in [0.15, 0.2) is 24.3 Å². The normalized spacial score (nSPS) is 19.8. The minimum Gasteiger partial charge on any atom is -0.326 e. The Hall–Kier alpha value is -1.88. The first-order valence-electron chi connectivity index (χ1n) is 7.66. The average Bonchev–Trinajstić information content (AvgIpc) is 2.95. The molecule has 0 spiro atoms. The summed E-state index contributed by atoms with van der Waals surface area (Å²) in [5.74, 6) is 0.383. The molecule has 2 aliphatic rings. The fraction of sp³-hybridized carbons (Fsp3) is 0.500. The van der Waals surface area contributed by atoms with E-state index in [0.29, 0.717) is 6.42 Å². The quantitative estimate of drug-likeness (QED) is 0.890. The average molecular weight is 287 g/mol. The molecule has 1 aromatic carbocycles. The Morgan fingerprint density at radius 1 is 1.19 bits per heavy atom. The maximum Gasteiger partial charge on any atom is 0.227 e. The van der Waals surface area contributed by atoms with Gasteiger partial charge < -0.3 is 15.5 Å². The van der Waals surface area contributed by atoms with E-state index >= 15 is 0 Å². The zero-order chi connectivity index (χ0) is 14.7. The maximum atomic E-state index is 12.2. The molecule has 2 saturated heterocycles. The van der Waals surface area contributed by atoms with Gasteiger partial charge in [0, 0.05) is 30.3 Å². The molecular weight excluding hydrogens is 266 g/mol. The molecule has 2 fully saturated rings. The van der Waals surface area contributed by atoms with Crippen molar-refractivity contribution in [1.82, 2.24) is 5.32 Å². The Bertz CT molecular complexity index is 521. The Kier molecular flexibility index (Phi) is 4.20. The van der Waals surface area contributed by atoms with E-state index in [0.717, 1.165) is 50.3 Å². The summed E-state index contributed by atoms with van der Waals surface area (Å²) in [5, 5.41) is 6.23. The molecule has 0 aromatic heterocycles. The number of anilines is 2. The molecule has 2 N–H and O–H groups in total. The highest BCUT2D eigenvalue weighted by Crippen LogP contribution is 2.23. The van der Waals surface area contributed by atoms with Crippen LogP contribution in [0.5, 0.6) is 0 Å². The molecule has 0 bridgehead atoms. The molecule has 0 unspecified atom stereocenters. The first-order chi connectivity index (χ1) is 10.2. The largest absolute Gasteiger partial charge is 0.326 e. The van der Waals surface area contributed by atoms with E-state index in [4.69, 9.17) is 0 Å². The third kappa shape index (κ3) is 3.24. The number of amides is 2. The molecule has 2 amide bonds. The number of carbonyl (C=O) groups is 2. The van der Waals surface area contributed by atoms with Gasteiger partial charge >= 0.3 is 0 Å². The molecular formula is C16H21N3O2. The van der Waals surface area contributed by atoms with Crippen molar-refractivity contribution in [1.29, 1.82) is 0 Å². The van der Waals surface area contributed by atoms with Crippen LogP contribution in [0, 0.1) is 5.92 Å². The first-order valence-corrected chi connectivity index (χ1v) is 7.66. The lowest BCUT2D eigenvalue weighted by Gasteiger charge is -2.22. The van der Waals surface area contributed by atoms with Gasteiger partial charge in [0.15, 0.2) is 0 Å². The van der Waals surface area contributed by atoms with E-state index in [1.807, 2.05) is 24.3 Å². The van der Waals surface area contributed by atoms with Crippen LogP contribution < -0.4 is 15.5 Å². The summed E-state index contributed by atoms with van der Waals surface area (Å²) < 4.78 is 0. The van der Waals surface area contributed by atoms with Crippen molar-refractivity contribution in [3.63, 3.8) is 0 Å². The summed E-state index contributed by atoms with van der Waals surface area (Å²) in [5.41, 5.74) is 1.71. The predicted molar refractivity (Wildman–Crippen MR) is 82.3 cm³/mol. The van der Waals surface area contributed by atoms with Crippen molar-refractivity contribution in [2.24, 2.45) is 5.92 Å². The Labute approximate surface area is 124 Å². The standard InChI is InChI=1S/C16H21N3O2/c20-15-2-1-11-19(15)14-5-3-13(4-6-14)18-16(21)12-7-9-17-10-8-12/h3-6,12,17H,1-2,7-11H2,(H,18,21). The molecule has 3 rings (SSSR count). The van der Waals surface area contributed by atoms with Crippen LogP contribution in [0.2, 0.25) is 0 Å². The molecule has 0 saturated carbocycles. The zero-order valence-electron chi connectivity index (χ0n) is 12.1. The van der Waals surface area contributed by atoms with Gasteiger partial charge in [0.1, 0.15) is 0 Å². The number of piperidine rings is 1. The second-order valence-corrected chi connectivity index (χ2v) is 5.71. The number of hydrogen-bond acceptors (Lipinski definition) is 3. The highest BCUT2D eigenvalue weighted by atomic mass is 16.2. The first kappa shape index (κ1) is 14.1. The second-order valence-electron chi connectivity index (χ2n) is 5.71. The fourth-order valence-corrected chi connectivity index (χ4v) is 2.97. The second kappa shape index (κ2) is 6.26. The third-order valence-electron chi connectivity index (χ3n) is 4.23. The van der Waals surface area contributed by atoms with E-state index in [1.54, 1.807) is 4.90 Å². The number of nitrogens with one attached hydrogen (secondary N) is 2. The number of nitrogens with zero attached hydrogens (tertiary/aromatic N) is 1. The summed E-state index contributed by atoms with van der Waals surface area (Å²) in [6.07, 6.45) is 3.35. The van der Waals surface area contributed by atoms with E-state index in [9.17, 15) is 9.59 Å². The van der Waals surface area contributed by atoms with Gasteiger partial charge in [0.2, 0.25) is 11.8 Å². The van der Waals surface area contributed by atoms with Gasteiger partial charge in [-0.2, -0.15) is 0 Å². The van der Waals surface area contributed by atoms with Gasteiger partial charge in [-0.15, -0.1) is 0 Å². The summed E-state index contributed by atoms with van der Waals surface area (Å²) in [4.78, 5) is 25.7. The van der Waals surface area contributed by atoms with Gasteiger partial charge in [0.05, 0.1) is 0 Å². The van der Waals surface area contributed by atoms with Gasteiger partial charge in [-0.1, -0.05) is 0 Å². The number of rotatable bonds is 3. The van der Waals surface area contributed by atoms with Gasteiger partial charge in [-0.05, 0) is 56.6 Å². The molecule has 0 atom stereocenters.